The highest BCUT2D eigenvalue weighted by atomic mass is 35.5. The molecule has 0 fully saturated rings. The molecule has 0 bridgehead atoms. The molecule has 3 aromatic heterocycles. The lowest BCUT2D eigenvalue weighted by Gasteiger charge is -2.31. The summed E-state index contributed by atoms with van der Waals surface area (Å²) < 4.78 is 5.91. The number of rotatable bonds is 4. The van der Waals surface area contributed by atoms with Gasteiger partial charge in [-0.25, -0.2) is 15.0 Å². The number of hydrazone groups is 1. The van der Waals surface area contributed by atoms with Gasteiger partial charge in [-0.1, -0.05) is 22.8 Å². The standard InChI is InChI=1S/C20H18ClN9O/c1-2-16-13(21)4-3-8-30(16)26-11-17-18-14(24-12-25-18)5-9-29(17)20-28-27-19(31-20)15-10-22-6-7-23-15/h2-4,6-8,10-12,17H,5,9H2,1H3,(H,24,25)/b16-2-,26-11+/t17-/m0/s1. The predicted molar refractivity (Wildman–Crippen MR) is 115 cm³/mol. The van der Waals surface area contributed by atoms with Crippen LogP contribution in [-0.2, 0) is 6.42 Å². The van der Waals surface area contributed by atoms with Gasteiger partial charge in [0.2, 0.25) is 0 Å². The second-order valence-electron chi connectivity index (χ2n) is 6.77. The van der Waals surface area contributed by atoms with Crippen LogP contribution in [0.25, 0.3) is 11.6 Å². The van der Waals surface area contributed by atoms with E-state index in [-0.39, 0.29) is 6.04 Å². The van der Waals surface area contributed by atoms with Gasteiger partial charge in [-0.15, -0.1) is 5.10 Å². The molecule has 31 heavy (non-hydrogen) atoms. The van der Waals surface area contributed by atoms with Gasteiger partial charge in [-0.05, 0) is 19.1 Å². The van der Waals surface area contributed by atoms with Crippen LogP contribution in [0, 0.1) is 0 Å². The maximum absolute atomic E-state index is 6.30. The smallest absolute Gasteiger partial charge is 0.319 e. The van der Waals surface area contributed by atoms with E-state index in [1.165, 1.54) is 0 Å². The van der Waals surface area contributed by atoms with Gasteiger partial charge in [0.25, 0.3) is 5.89 Å². The van der Waals surface area contributed by atoms with E-state index in [1.54, 1.807) is 36.1 Å². The predicted octanol–water partition coefficient (Wildman–Crippen LogP) is 3.20. The zero-order valence-corrected chi connectivity index (χ0v) is 17.3. The maximum Gasteiger partial charge on any atom is 0.319 e. The van der Waals surface area contributed by atoms with Crippen molar-refractivity contribution in [2.75, 3.05) is 11.4 Å². The third kappa shape index (κ3) is 3.61. The second kappa shape index (κ2) is 8.15. The molecule has 0 aliphatic carbocycles. The number of allylic oxidation sites excluding steroid dienone is 4. The Morgan fingerprint density at radius 2 is 2.23 bits per heavy atom. The number of fused-ring (bicyclic) bond motifs is 1. The van der Waals surface area contributed by atoms with Crippen LogP contribution in [0.3, 0.4) is 0 Å². The first-order chi connectivity index (χ1) is 15.2. The number of nitrogens with one attached hydrogen (secondary N) is 1. The fourth-order valence-electron chi connectivity index (χ4n) is 3.51. The molecule has 10 nitrogen and oxygen atoms in total. The van der Waals surface area contributed by atoms with Crippen LogP contribution < -0.4 is 4.90 Å². The van der Waals surface area contributed by atoms with Crippen molar-refractivity contribution in [1.29, 1.82) is 0 Å². The van der Waals surface area contributed by atoms with E-state index in [1.807, 2.05) is 36.3 Å². The number of imidazole rings is 1. The van der Waals surface area contributed by atoms with Crippen LogP contribution in [0.4, 0.5) is 6.01 Å². The molecule has 2 aliphatic heterocycles. The highest BCUT2D eigenvalue weighted by Crippen LogP contribution is 2.32. The average molecular weight is 436 g/mol. The molecule has 1 N–H and O–H groups in total. The first-order valence-electron chi connectivity index (χ1n) is 9.67. The largest absolute Gasteiger partial charge is 0.401 e. The van der Waals surface area contributed by atoms with Crippen LogP contribution in [0.5, 0.6) is 0 Å². The Balaban J connectivity index is 1.47. The molecule has 5 heterocycles. The molecule has 1 atom stereocenters. The summed E-state index contributed by atoms with van der Waals surface area (Å²) in [4.78, 5) is 18.0. The molecule has 0 radical (unpaired) electrons. The van der Waals surface area contributed by atoms with Crippen LogP contribution in [0.15, 0.2) is 69.6 Å². The SMILES string of the molecule is C/C=C1/C(Cl)=CC=CN1/N=C/[C@H]1c2nc[nH]c2CCN1c1nnc(-c2cnccn2)o1. The average Bonchev–Trinajstić information content (AvgIpc) is 3.48. The molecule has 3 aromatic rings. The summed E-state index contributed by atoms with van der Waals surface area (Å²) in [7, 11) is 0. The number of hydrogen-bond donors (Lipinski definition) is 1. The molecule has 5 rings (SSSR count). The van der Waals surface area contributed by atoms with E-state index in [0.717, 1.165) is 23.5 Å². The van der Waals surface area contributed by atoms with Gasteiger partial charge in [0.1, 0.15) is 11.7 Å². The van der Waals surface area contributed by atoms with E-state index >= 15 is 0 Å². The van der Waals surface area contributed by atoms with E-state index < -0.39 is 0 Å². The molecule has 0 unspecified atom stereocenters. The molecule has 156 valence electrons. The van der Waals surface area contributed by atoms with Gasteiger partial charge in [0.15, 0.2) is 0 Å². The molecule has 2 aliphatic rings. The van der Waals surface area contributed by atoms with Crippen molar-refractivity contribution in [2.45, 2.75) is 19.4 Å². The molecule has 0 saturated heterocycles. The summed E-state index contributed by atoms with van der Waals surface area (Å²) in [5.74, 6) is 0.304. The Labute approximate surface area is 182 Å². The van der Waals surface area contributed by atoms with Crippen LogP contribution in [-0.4, -0.2) is 47.9 Å². The van der Waals surface area contributed by atoms with Crippen LogP contribution in [0.1, 0.15) is 24.4 Å². The van der Waals surface area contributed by atoms with Crippen molar-refractivity contribution in [3.05, 3.63) is 71.5 Å². The van der Waals surface area contributed by atoms with E-state index in [2.05, 4.69) is 35.2 Å². The van der Waals surface area contributed by atoms with Crippen LogP contribution in [0.2, 0.25) is 0 Å². The van der Waals surface area contributed by atoms with E-state index in [9.17, 15) is 0 Å². The minimum absolute atomic E-state index is 0.304. The third-order valence-corrected chi connectivity index (χ3v) is 5.30. The maximum atomic E-state index is 6.30. The molecule has 0 amide bonds. The van der Waals surface area contributed by atoms with Gasteiger partial charge in [-0.2, -0.15) is 5.10 Å². The Kier molecular flexibility index (Phi) is 5.04. The van der Waals surface area contributed by atoms with Crippen molar-refractivity contribution in [1.82, 2.24) is 35.1 Å². The number of hydrogen-bond acceptors (Lipinski definition) is 9. The molecule has 0 spiro atoms. The molecule has 0 aromatic carbocycles. The lowest BCUT2D eigenvalue weighted by Crippen LogP contribution is -2.37. The quantitative estimate of drug-likeness (QED) is 0.621. The normalized spacial score (nSPS) is 19.9. The minimum Gasteiger partial charge on any atom is -0.401 e. The Morgan fingerprint density at radius 3 is 3.06 bits per heavy atom. The summed E-state index contributed by atoms with van der Waals surface area (Å²) in [6.07, 6.45) is 16.4. The fraction of sp³-hybridized carbons (Fsp3) is 0.200. The lowest BCUT2D eigenvalue weighted by atomic mass is 10.0. The summed E-state index contributed by atoms with van der Waals surface area (Å²) in [6, 6.07) is 0.0606. The van der Waals surface area contributed by atoms with Crippen molar-refractivity contribution < 1.29 is 4.42 Å². The zero-order chi connectivity index (χ0) is 21.2. The van der Waals surface area contributed by atoms with Gasteiger partial charge in [0, 0.05) is 37.3 Å². The Hall–Kier alpha value is -3.79. The van der Waals surface area contributed by atoms with Gasteiger partial charge in [0.05, 0.1) is 35.2 Å². The van der Waals surface area contributed by atoms with Gasteiger partial charge >= 0.3 is 6.01 Å². The first-order valence-corrected chi connectivity index (χ1v) is 10.0. The van der Waals surface area contributed by atoms with Gasteiger partial charge < -0.3 is 14.3 Å². The summed E-state index contributed by atoms with van der Waals surface area (Å²) >= 11 is 6.30. The number of aromatic amines is 1. The monoisotopic (exact) mass is 435 g/mol. The van der Waals surface area contributed by atoms with E-state index in [4.69, 9.17) is 16.0 Å². The highest BCUT2D eigenvalue weighted by molar-refractivity contribution is 6.32. The van der Waals surface area contributed by atoms with Crippen molar-refractivity contribution in [3.8, 4) is 11.6 Å². The Morgan fingerprint density at radius 1 is 1.29 bits per heavy atom. The second-order valence-corrected chi connectivity index (χ2v) is 7.18. The summed E-state index contributed by atoms with van der Waals surface area (Å²) in [6.45, 7) is 2.57. The zero-order valence-electron chi connectivity index (χ0n) is 16.6. The number of H-pyrrole nitrogens is 1. The van der Waals surface area contributed by atoms with E-state index in [0.29, 0.717) is 29.2 Å². The van der Waals surface area contributed by atoms with Crippen molar-refractivity contribution in [2.24, 2.45) is 5.10 Å². The third-order valence-electron chi connectivity index (χ3n) is 4.98. The number of halogens is 1. The van der Waals surface area contributed by atoms with Crippen molar-refractivity contribution >= 4 is 23.8 Å². The summed E-state index contributed by atoms with van der Waals surface area (Å²) in [5.41, 5.74) is 3.23. The molecule has 11 heteroatoms. The number of aromatic nitrogens is 6. The fourth-order valence-corrected chi connectivity index (χ4v) is 3.77. The number of nitrogens with zero attached hydrogens (tertiary/aromatic N) is 8. The highest BCUT2D eigenvalue weighted by Gasteiger charge is 2.32. The topological polar surface area (TPSA) is 112 Å². The minimum atomic E-state index is -0.304. The van der Waals surface area contributed by atoms with Crippen molar-refractivity contribution in [3.63, 3.8) is 0 Å². The Bertz CT molecular complexity index is 1190. The molecular weight excluding hydrogens is 418 g/mol. The molecular formula is C20H18ClN9O. The summed E-state index contributed by atoms with van der Waals surface area (Å²) in [5, 5.41) is 15.4. The van der Waals surface area contributed by atoms with Gasteiger partial charge in [-0.3, -0.25) is 4.98 Å². The lowest BCUT2D eigenvalue weighted by molar-refractivity contribution is 0.495. The van der Waals surface area contributed by atoms with Crippen LogP contribution >= 0.6 is 11.6 Å². The first kappa shape index (κ1) is 19.2. The number of anilines is 1. The molecule has 0 saturated carbocycles.